The second kappa shape index (κ2) is 8.98. The van der Waals surface area contributed by atoms with E-state index in [4.69, 9.17) is 9.47 Å². The van der Waals surface area contributed by atoms with Crippen LogP contribution in [0.25, 0.3) is 0 Å². The second-order valence-electron chi connectivity index (χ2n) is 4.99. The number of hydrogen-bond donors (Lipinski definition) is 1. The normalized spacial score (nSPS) is 11.4. The Morgan fingerprint density at radius 3 is 2.60 bits per heavy atom. The largest absolute Gasteiger partial charge is 0.497 e. The van der Waals surface area contributed by atoms with Crippen LogP contribution in [-0.2, 0) is 20.3 Å². The van der Waals surface area contributed by atoms with E-state index in [0.29, 0.717) is 22.1 Å². The number of hydrogen-bond acceptors (Lipinski definition) is 5. The van der Waals surface area contributed by atoms with Gasteiger partial charge in [-0.15, -0.1) is 0 Å². The maximum absolute atomic E-state index is 12.2. The maximum atomic E-state index is 12.2. The molecule has 1 N–H and O–H groups in total. The molecular weight excluding hydrogens is 342 g/mol. The van der Waals surface area contributed by atoms with Crippen molar-refractivity contribution in [2.75, 3.05) is 24.8 Å². The monoisotopic (exact) mass is 361 g/mol. The van der Waals surface area contributed by atoms with Crippen molar-refractivity contribution in [1.29, 1.82) is 0 Å². The number of methoxy groups -OCH3 is 1. The molecule has 2 rings (SSSR count). The topological polar surface area (TPSA) is 81.7 Å². The quantitative estimate of drug-likeness (QED) is 0.767. The summed E-state index contributed by atoms with van der Waals surface area (Å²) >= 11 is 0. The Bertz CT molecular complexity index is 791. The van der Waals surface area contributed by atoms with E-state index in [1.165, 1.54) is 13.2 Å². The van der Waals surface area contributed by atoms with Gasteiger partial charge in [0, 0.05) is 17.5 Å². The standard InChI is InChI=1S/C18H19NO5S/c1-3-25(22)16-10-5-4-9-15(16)18(21)24-12-17(20)19-13-7-6-8-14(11-13)23-2/h4-11H,3,12H2,1-2H3,(H,19,20)/t25-/m1/s1. The third kappa shape index (κ3) is 5.15. The van der Waals surface area contributed by atoms with E-state index in [1.807, 2.05) is 0 Å². The summed E-state index contributed by atoms with van der Waals surface area (Å²) in [5.74, 6) is -0.166. The first-order valence-electron chi connectivity index (χ1n) is 7.63. The molecule has 0 aromatic heterocycles. The number of benzene rings is 2. The van der Waals surface area contributed by atoms with Crippen LogP contribution in [-0.4, -0.2) is 35.6 Å². The molecule has 0 saturated carbocycles. The molecule has 7 heteroatoms. The summed E-state index contributed by atoms with van der Waals surface area (Å²) in [6.07, 6.45) is 0. The van der Waals surface area contributed by atoms with Crippen LogP contribution in [0.1, 0.15) is 17.3 Å². The van der Waals surface area contributed by atoms with Gasteiger partial charge in [0.05, 0.1) is 28.4 Å². The fraction of sp³-hybridized carbons (Fsp3) is 0.222. The molecule has 0 unspecified atom stereocenters. The van der Waals surface area contributed by atoms with Crippen LogP contribution in [0.4, 0.5) is 5.69 Å². The van der Waals surface area contributed by atoms with E-state index >= 15 is 0 Å². The lowest BCUT2D eigenvalue weighted by Gasteiger charge is -2.10. The molecule has 2 aromatic carbocycles. The van der Waals surface area contributed by atoms with E-state index < -0.39 is 29.3 Å². The Morgan fingerprint density at radius 2 is 1.88 bits per heavy atom. The smallest absolute Gasteiger partial charge is 0.339 e. The second-order valence-corrected chi connectivity index (χ2v) is 6.69. The van der Waals surface area contributed by atoms with Crippen molar-refractivity contribution in [3.8, 4) is 5.75 Å². The molecule has 0 bridgehead atoms. The number of esters is 1. The van der Waals surface area contributed by atoms with Crippen LogP contribution in [0.2, 0.25) is 0 Å². The van der Waals surface area contributed by atoms with Gasteiger partial charge in [0.2, 0.25) is 0 Å². The van der Waals surface area contributed by atoms with Gasteiger partial charge in [0.1, 0.15) is 5.75 Å². The van der Waals surface area contributed by atoms with Gasteiger partial charge in [-0.1, -0.05) is 25.1 Å². The molecule has 25 heavy (non-hydrogen) atoms. The molecule has 6 nitrogen and oxygen atoms in total. The Balaban J connectivity index is 1.98. The summed E-state index contributed by atoms with van der Waals surface area (Å²) in [5, 5.41) is 2.62. The molecule has 0 radical (unpaired) electrons. The highest BCUT2D eigenvalue weighted by Gasteiger charge is 2.17. The lowest BCUT2D eigenvalue weighted by atomic mass is 10.2. The molecule has 1 amide bonds. The number of anilines is 1. The minimum absolute atomic E-state index is 0.205. The van der Waals surface area contributed by atoms with Crippen LogP contribution < -0.4 is 10.1 Å². The minimum atomic E-state index is -1.29. The highest BCUT2D eigenvalue weighted by molar-refractivity contribution is 7.85. The minimum Gasteiger partial charge on any atom is -0.497 e. The van der Waals surface area contributed by atoms with E-state index in [9.17, 15) is 13.8 Å². The fourth-order valence-electron chi connectivity index (χ4n) is 2.10. The van der Waals surface area contributed by atoms with Gasteiger partial charge in [-0.05, 0) is 24.3 Å². The molecule has 0 heterocycles. The van der Waals surface area contributed by atoms with Crippen LogP contribution >= 0.6 is 0 Å². The molecule has 0 saturated heterocycles. The van der Waals surface area contributed by atoms with Crippen molar-refractivity contribution in [3.05, 3.63) is 54.1 Å². The number of nitrogens with one attached hydrogen (secondary N) is 1. The zero-order chi connectivity index (χ0) is 18.2. The van der Waals surface area contributed by atoms with Gasteiger partial charge in [-0.3, -0.25) is 9.00 Å². The van der Waals surface area contributed by atoms with Crippen LogP contribution in [0.15, 0.2) is 53.4 Å². The Hall–Kier alpha value is -2.67. The molecule has 0 spiro atoms. The van der Waals surface area contributed by atoms with Gasteiger partial charge in [0.15, 0.2) is 6.61 Å². The zero-order valence-electron chi connectivity index (χ0n) is 14.0. The lowest BCUT2D eigenvalue weighted by Crippen LogP contribution is -2.21. The number of amides is 1. The van der Waals surface area contributed by atoms with Crippen LogP contribution in [0.3, 0.4) is 0 Å². The van der Waals surface area contributed by atoms with Crippen molar-refractivity contribution in [2.45, 2.75) is 11.8 Å². The van der Waals surface area contributed by atoms with Crippen LogP contribution in [0.5, 0.6) is 5.75 Å². The van der Waals surface area contributed by atoms with Crippen molar-refractivity contribution in [1.82, 2.24) is 0 Å². The number of rotatable bonds is 7. The summed E-state index contributed by atoms with van der Waals surface area (Å²) in [7, 11) is 0.241. The molecule has 0 aliphatic heterocycles. The molecule has 2 aromatic rings. The van der Waals surface area contributed by atoms with Gasteiger partial charge < -0.3 is 14.8 Å². The predicted octanol–water partition coefficient (Wildman–Crippen LogP) is 2.62. The fourth-order valence-corrected chi connectivity index (χ4v) is 3.03. The van der Waals surface area contributed by atoms with E-state index in [1.54, 1.807) is 49.4 Å². The zero-order valence-corrected chi connectivity index (χ0v) is 14.8. The maximum Gasteiger partial charge on any atom is 0.339 e. The summed E-state index contributed by atoms with van der Waals surface area (Å²) in [6.45, 7) is 1.32. The molecule has 0 aliphatic carbocycles. The number of ether oxygens (including phenoxy) is 2. The van der Waals surface area contributed by atoms with Crippen molar-refractivity contribution in [3.63, 3.8) is 0 Å². The SMILES string of the molecule is CC[S@@](=O)c1ccccc1C(=O)OCC(=O)Nc1cccc(OC)c1. The average Bonchev–Trinajstić information content (AvgIpc) is 2.65. The van der Waals surface area contributed by atoms with E-state index in [-0.39, 0.29) is 5.56 Å². The summed E-state index contributed by atoms with van der Waals surface area (Å²) in [5.41, 5.74) is 0.741. The van der Waals surface area contributed by atoms with Gasteiger partial charge >= 0.3 is 5.97 Å². The first-order valence-corrected chi connectivity index (χ1v) is 8.95. The number of carbonyl (C=O) groups is 2. The van der Waals surface area contributed by atoms with Crippen molar-refractivity contribution in [2.24, 2.45) is 0 Å². The molecule has 0 fully saturated rings. The van der Waals surface area contributed by atoms with Gasteiger partial charge in [-0.25, -0.2) is 4.79 Å². The predicted molar refractivity (Wildman–Crippen MR) is 95.3 cm³/mol. The third-order valence-corrected chi connectivity index (χ3v) is 4.67. The number of carbonyl (C=O) groups excluding carboxylic acids is 2. The summed E-state index contributed by atoms with van der Waals surface area (Å²) in [4.78, 5) is 24.5. The summed E-state index contributed by atoms with van der Waals surface area (Å²) in [6, 6.07) is 13.3. The van der Waals surface area contributed by atoms with Crippen molar-refractivity contribution >= 4 is 28.4 Å². The van der Waals surface area contributed by atoms with Crippen LogP contribution in [0, 0.1) is 0 Å². The molecular formula is C18H19NO5S. The Morgan fingerprint density at radius 1 is 1.12 bits per heavy atom. The third-order valence-electron chi connectivity index (χ3n) is 3.30. The Kier molecular flexibility index (Phi) is 6.71. The van der Waals surface area contributed by atoms with Gasteiger partial charge in [-0.2, -0.15) is 0 Å². The van der Waals surface area contributed by atoms with E-state index in [2.05, 4.69) is 5.32 Å². The highest BCUT2D eigenvalue weighted by atomic mass is 32.2. The summed E-state index contributed by atoms with van der Waals surface area (Å²) < 4.78 is 22.1. The lowest BCUT2D eigenvalue weighted by molar-refractivity contribution is -0.119. The van der Waals surface area contributed by atoms with Crippen molar-refractivity contribution < 1.29 is 23.3 Å². The first kappa shape index (κ1) is 18.7. The highest BCUT2D eigenvalue weighted by Crippen LogP contribution is 2.17. The molecule has 1 atom stereocenters. The molecule has 132 valence electrons. The van der Waals surface area contributed by atoms with E-state index in [0.717, 1.165) is 0 Å². The van der Waals surface area contributed by atoms with Gasteiger partial charge in [0.25, 0.3) is 5.91 Å². The first-order chi connectivity index (χ1) is 12.0. The Labute approximate surface area is 148 Å². The average molecular weight is 361 g/mol. The molecule has 0 aliphatic rings.